The molecule has 1 rings (SSSR count). The maximum absolute atomic E-state index is 12.2. The first-order valence-corrected chi connectivity index (χ1v) is 6.58. The lowest BCUT2D eigenvalue weighted by atomic mass is 10.1. The van der Waals surface area contributed by atoms with E-state index in [1.807, 2.05) is 20.8 Å². The molecule has 0 radical (unpaired) electrons. The number of aliphatic carboxylic acids is 1. The van der Waals surface area contributed by atoms with Crippen molar-refractivity contribution in [1.29, 1.82) is 0 Å². The highest BCUT2D eigenvalue weighted by Gasteiger charge is 2.23. The average molecular weight is 271 g/mol. The molecule has 0 spiro atoms. The molecule has 1 aromatic heterocycles. The van der Waals surface area contributed by atoms with Crippen LogP contribution in [-0.2, 0) is 4.79 Å². The smallest absolute Gasteiger partial charge is 0.305 e. The van der Waals surface area contributed by atoms with Crippen LogP contribution in [0.25, 0.3) is 0 Å². The van der Waals surface area contributed by atoms with Crippen molar-refractivity contribution < 1.29 is 14.7 Å². The van der Waals surface area contributed by atoms with E-state index in [9.17, 15) is 9.59 Å². The van der Waals surface area contributed by atoms with Gasteiger partial charge in [0.15, 0.2) is 0 Å². The summed E-state index contributed by atoms with van der Waals surface area (Å²) in [7, 11) is 0. The summed E-state index contributed by atoms with van der Waals surface area (Å²) in [5.41, 5.74) is 0.679. The molecule has 0 saturated heterocycles. The fourth-order valence-electron chi connectivity index (χ4n) is 1.50. The normalized spacial score (nSPS) is 10.7. The number of carboxylic acids is 1. The van der Waals surface area contributed by atoms with E-state index in [4.69, 9.17) is 5.11 Å². The van der Waals surface area contributed by atoms with Gasteiger partial charge in [-0.1, -0.05) is 18.3 Å². The third-order valence-electron chi connectivity index (χ3n) is 2.52. The van der Waals surface area contributed by atoms with E-state index in [0.717, 1.165) is 11.5 Å². The first-order valence-electron chi connectivity index (χ1n) is 5.80. The number of amides is 1. The molecule has 7 heteroatoms. The summed E-state index contributed by atoms with van der Waals surface area (Å²) in [4.78, 5) is 24.8. The van der Waals surface area contributed by atoms with E-state index in [1.54, 1.807) is 0 Å². The number of aromatic nitrogens is 2. The summed E-state index contributed by atoms with van der Waals surface area (Å²) in [5.74, 6) is -0.967. The van der Waals surface area contributed by atoms with Gasteiger partial charge in [0.05, 0.1) is 12.1 Å². The van der Waals surface area contributed by atoms with Crippen LogP contribution >= 0.6 is 11.5 Å². The van der Waals surface area contributed by atoms with Crippen molar-refractivity contribution in [3.63, 3.8) is 0 Å². The molecule has 0 fully saturated rings. The quantitative estimate of drug-likeness (QED) is 0.849. The minimum Gasteiger partial charge on any atom is -0.481 e. The number of rotatable bonds is 6. The van der Waals surface area contributed by atoms with Crippen LogP contribution in [0.5, 0.6) is 0 Å². The molecule has 0 bridgehead atoms. The molecule has 0 atom stereocenters. The first kappa shape index (κ1) is 14.6. The van der Waals surface area contributed by atoms with E-state index >= 15 is 0 Å². The summed E-state index contributed by atoms with van der Waals surface area (Å²) < 4.78 is 3.80. The lowest BCUT2D eigenvalue weighted by molar-refractivity contribution is -0.137. The second-order valence-electron chi connectivity index (χ2n) is 4.17. The molecule has 1 N–H and O–H groups in total. The molecule has 0 aromatic carbocycles. The summed E-state index contributed by atoms with van der Waals surface area (Å²) in [6, 6.07) is 0. The fourth-order valence-corrected chi connectivity index (χ4v) is 2.29. The minimum atomic E-state index is -0.909. The van der Waals surface area contributed by atoms with Gasteiger partial charge < -0.3 is 10.0 Å². The summed E-state index contributed by atoms with van der Waals surface area (Å²) in [5, 5.41) is 12.6. The molecule has 0 saturated carbocycles. The van der Waals surface area contributed by atoms with Gasteiger partial charge in [0.2, 0.25) is 0 Å². The van der Waals surface area contributed by atoms with Crippen molar-refractivity contribution in [3.05, 3.63) is 10.6 Å². The monoisotopic (exact) mass is 271 g/mol. The van der Waals surface area contributed by atoms with E-state index in [0.29, 0.717) is 17.1 Å². The SMILES string of the molecule is CCN(CCC(=O)O)C(=O)c1snnc1C(C)C. The number of hydrogen-bond donors (Lipinski definition) is 1. The molecule has 0 aliphatic carbocycles. The molecule has 0 unspecified atom stereocenters. The van der Waals surface area contributed by atoms with Gasteiger partial charge in [-0.05, 0) is 24.4 Å². The fraction of sp³-hybridized carbons (Fsp3) is 0.636. The average Bonchev–Trinajstić information content (AvgIpc) is 2.77. The molecule has 0 aliphatic heterocycles. The topological polar surface area (TPSA) is 83.4 Å². The van der Waals surface area contributed by atoms with Crippen LogP contribution in [0.4, 0.5) is 0 Å². The van der Waals surface area contributed by atoms with Crippen LogP contribution < -0.4 is 0 Å². The van der Waals surface area contributed by atoms with Crippen molar-refractivity contribution >= 4 is 23.4 Å². The van der Waals surface area contributed by atoms with Gasteiger partial charge in [-0.2, -0.15) is 0 Å². The zero-order valence-electron chi connectivity index (χ0n) is 10.7. The first-order chi connectivity index (χ1) is 8.47. The Morgan fingerprint density at radius 3 is 2.61 bits per heavy atom. The molecule has 6 nitrogen and oxygen atoms in total. The molecule has 1 aromatic rings. The van der Waals surface area contributed by atoms with Crippen LogP contribution in [0.3, 0.4) is 0 Å². The number of carboxylic acid groups (broad SMARTS) is 1. The third-order valence-corrected chi connectivity index (χ3v) is 3.25. The van der Waals surface area contributed by atoms with Crippen molar-refractivity contribution in [3.8, 4) is 0 Å². The molecule has 0 aliphatic rings. The van der Waals surface area contributed by atoms with Crippen molar-refractivity contribution in [2.24, 2.45) is 0 Å². The zero-order chi connectivity index (χ0) is 13.7. The van der Waals surface area contributed by atoms with Gasteiger partial charge in [0, 0.05) is 13.1 Å². The largest absolute Gasteiger partial charge is 0.481 e. The maximum Gasteiger partial charge on any atom is 0.305 e. The lowest BCUT2D eigenvalue weighted by Crippen LogP contribution is -2.33. The van der Waals surface area contributed by atoms with Gasteiger partial charge in [0.1, 0.15) is 4.88 Å². The number of carbonyl (C=O) groups is 2. The van der Waals surface area contributed by atoms with E-state index in [-0.39, 0.29) is 24.8 Å². The molecular weight excluding hydrogens is 254 g/mol. The Kier molecular flexibility index (Phi) is 5.21. The standard InChI is InChI=1S/C11H17N3O3S/c1-4-14(6-5-8(15)16)11(17)10-9(7(2)3)12-13-18-10/h7H,4-6H2,1-3H3,(H,15,16). The summed E-state index contributed by atoms with van der Waals surface area (Å²) >= 11 is 1.06. The van der Waals surface area contributed by atoms with E-state index in [2.05, 4.69) is 9.59 Å². The minimum absolute atomic E-state index is 0.0528. The second-order valence-corrected chi connectivity index (χ2v) is 4.92. The van der Waals surface area contributed by atoms with Crippen LogP contribution in [0.2, 0.25) is 0 Å². The van der Waals surface area contributed by atoms with Crippen LogP contribution in [0.1, 0.15) is 48.5 Å². The molecule has 100 valence electrons. The van der Waals surface area contributed by atoms with Gasteiger partial charge >= 0.3 is 5.97 Å². The van der Waals surface area contributed by atoms with Crippen LogP contribution in [-0.4, -0.2) is 44.6 Å². The molecule has 18 heavy (non-hydrogen) atoms. The molecule has 1 heterocycles. The van der Waals surface area contributed by atoms with Crippen LogP contribution in [0, 0.1) is 0 Å². The van der Waals surface area contributed by atoms with Crippen molar-refractivity contribution in [2.45, 2.75) is 33.1 Å². The second kappa shape index (κ2) is 6.44. The highest BCUT2D eigenvalue weighted by molar-refractivity contribution is 7.08. The van der Waals surface area contributed by atoms with E-state index in [1.165, 1.54) is 4.90 Å². The highest BCUT2D eigenvalue weighted by Crippen LogP contribution is 2.21. The van der Waals surface area contributed by atoms with Crippen molar-refractivity contribution in [1.82, 2.24) is 14.5 Å². The number of nitrogens with zero attached hydrogens (tertiary/aromatic N) is 3. The Morgan fingerprint density at radius 2 is 2.11 bits per heavy atom. The lowest BCUT2D eigenvalue weighted by Gasteiger charge is -2.19. The third kappa shape index (κ3) is 3.49. The summed E-state index contributed by atoms with van der Waals surface area (Å²) in [6.45, 7) is 6.40. The Hall–Kier alpha value is -1.50. The highest BCUT2D eigenvalue weighted by atomic mass is 32.1. The predicted octanol–water partition coefficient (Wildman–Crippen LogP) is 1.60. The Bertz CT molecular complexity index is 431. The predicted molar refractivity (Wildman–Crippen MR) is 67.8 cm³/mol. The van der Waals surface area contributed by atoms with Gasteiger partial charge in [0.25, 0.3) is 5.91 Å². The maximum atomic E-state index is 12.2. The number of hydrogen-bond acceptors (Lipinski definition) is 5. The molecular formula is C11H17N3O3S. The molecule has 1 amide bonds. The summed E-state index contributed by atoms with van der Waals surface area (Å²) in [6.07, 6.45) is -0.0528. The van der Waals surface area contributed by atoms with E-state index < -0.39 is 5.97 Å². The van der Waals surface area contributed by atoms with Crippen molar-refractivity contribution in [2.75, 3.05) is 13.1 Å². The van der Waals surface area contributed by atoms with Gasteiger partial charge in [-0.25, -0.2) is 0 Å². The Labute approximate surface area is 110 Å². The number of carbonyl (C=O) groups excluding carboxylic acids is 1. The Balaban J connectivity index is 2.83. The van der Waals surface area contributed by atoms with Crippen LogP contribution in [0.15, 0.2) is 0 Å². The van der Waals surface area contributed by atoms with Gasteiger partial charge in [-0.3, -0.25) is 9.59 Å². The van der Waals surface area contributed by atoms with Gasteiger partial charge in [-0.15, -0.1) is 5.10 Å². The zero-order valence-corrected chi connectivity index (χ0v) is 11.5. The Morgan fingerprint density at radius 1 is 1.44 bits per heavy atom.